The Labute approximate surface area is 65.0 Å². The summed E-state index contributed by atoms with van der Waals surface area (Å²) < 4.78 is 0. The average molecular weight is 139 g/mol. The van der Waals surface area contributed by atoms with Gasteiger partial charge in [0.25, 0.3) is 0 Å². The lowest BCUT2D eigenvalue weighted by Crippen LogP contribution is -2.28. The van der Waals surface area contributed by atoms with E-state index in [0.717, 1.165) is 0 Å². The minimum atomic E-state index is 0.363. The number of rotatable bonds is 0. The van der Waals surface area contributed by atoms with Crippen LogP contribution in [0.3, 0.4) is 0 Å². The first-order chi connectivity index (χ1) is 4.41. The molecule has 1 saturated carbocycles. The van der Waals surface area contributed by atoms with Crippen LogP contribution in [0.5, 0.6) is 0 Å². The van der Waals surface area contributed by atoms with Crippen molar-refractivity contribution < 1.29 is 0 Å². The van der Waals surface area contributed by atoms with Crippen molar-refractivity contribution in [3.05, 3.63) is 6.92 Å². The minimum absolute atomic E-state index is 0.363. The minimum Gasteiger partial charge on any atom is -0.0599 e. The highest BCUT2D eigenvalue weighted by molar-refractivity contribution is 4.88. The molecule has 0 aromatic heterocycles. The third-order valence-electron chi connectivity index (χ3n) is 2.54. The Morgan fingerprint density at radius 2 is 1.70 bits per heavy atom. The van der Waals surface area contributed by atoms with E-state index >= 15 is 0 Å². The molecule has 59 valence electrons. The van der Waals surface area contributed by atoms with Crippen LogP contribution in [0.4, 0.5) is 0 Å². The lowest BCUT2D eigenvalue weighted by Gasteiger charge is -2.40. The predicted molar refractivity (Wildman–Crippen MR) is 45.7 cm³/mol. The molecule has 0 aromatic carbocycles. The van der Waals surface area contributed by atoms with Gasteiger partial charge in [-0.2, -0.15) is 0 Å². The lowest BCUT2D eigenvalue weighted by atomic mass is 9.65. The maximum Gasteiger partial charge on any atom is -0.0321 e. The monoisotopic (exact) mass is 139 g/mol. The Kier molecular flexibility index (Phi) is 1.82. The molecule has 1 rings (SSSR count). The molecule has 0 nitrogen and oxygen atoms in total. The second kappa shape index (κ2) is 2.25. The van der Waals surface area contributed by atoms with Crippen molar-refractivity contribution in [1.29, 1.82) is 0 Å². The molecule has 1 atom stereocenters. The summed E-state index contributed by atoms with van der Waals surface area (Å²) in [7, 11) is 0. The normalized spacial score (nSPS) is 30.0. The van der Waals surface area contributed by atoms with E-state index in [1.165, 1.54) is 25.7 Å². The number of hydrogen-bond donors (Lipinski definition) is 0. The standard InChI is InChI=1S/C10H19/c1-9(2)6-5-7-10(3,4)8-9/h1,5-8H2,2-4H3. The molecule has 10 heavy (non-hydrogen) atoms. The van der Waals surface area contributed by atoms with Crippen LogP contribution in [0.15, 0.2) is 0 Å². The van der Waals surface area contributed by atoms with Gasteiger partial charge in [0.2, 0.25) is 0 Å². The van der Waals surface area contributed by atoms with Crippen LogP contribution in [0.1, 0.15) is 46.5 Å². The fraction of sp³-hybridized carbons (Fsp3) is 0.900. The van der Waals surface area contributed by atoms with Crippen molar-refractivity contribution in [3.63, 3.8) is 0 Å². The van der Waals surface area contributed by atoms with E-state index in [1.54, 1.807) is 0 Å². The SMILES string of the molecule is [CH2]C1(C)CCCC(C)(C)C1. The van der Waals surface area contributed by atoms with E-state index in [2.05, 4.69) is 27.7 Å². The maximum absolute atomic E-state index is 4.23. The molecule has 1 unspecified atom stereocenters. The zero-order valence-corrected chi connectivity index (χ0v) is 7.54. The lowest BCUT2D eigenvalue weighted by molar-refractivity contribution is 0.137. The zero-order chi connectivity index (χ0) is 7.83. The van der Waals surface area contributed by atoms with Crippen molar-refractivity contribution >= 4 is 0 Å². The number of hydrogen-bond acceptors (Lipinski definition) is 0. The van der Waals surface area contributed by atoms with E-state index < -0.39 is 0 Å². The molecule has 1 radical (unpaired) electrons. The first kappa shape index (κ1) is 8.10. The van der Waals surface area contributed by atoms with Crippen LogP contribution in [0.25, 0.3) is 0 Å². The molecule has 0 N–H and O–H groups in total. The fourth-order valence-corrected chi connectivity index (χ4v) is 2.33. The first-order valence-electron chi connectivity index (χ1n) is 4.27. The van der Waals surface area contributed by atoms with Crippen molar-refractivity contribution in [2.45, 2.75) is 46.5 Å². The molecule has 0 aliphatic heterocycles. The molecule has 0 saturated heterocycles. The van der Waals surface area contributed by atoms with Gasteiger partial charge in [0.15, 0.2) is 0 Å². The Hall–Kier alpha value is 0. The van der Waals surface area contributed by atoms with Gasteiger partial charge in [-0.25, -0.2) is 0 Å². The Balaban J connectivity index is 2.56. The van der Waals surface area contributed by atoms with E-state index in [4.69, 9.17) is 0 Å². The molecular formula is C10H19. The summed E-state index contributed by atoms with van der Waals surface area (Å²) in [5, 5.41) is 0. The van der Waals surface area contributed by atoms with Gasteiger partial charge >= 0.3 is 0 Å². The van der Waals surface area contributed by atoms with Crippen molar-refractivity contribution in [1.82, 2.24) is 0 Å². The molecule has 1 fully saturated rings. The molecule has 1 aliphatic carbocycles. The third kappa shape index (κ3) is 2.00. The van der Waals surface area contributed by atoms with Gasteiger partial charge in [-0.15, -0.1) is 0 Å². The average Bonchev–Trinajstić information content (AvgIpc) is 1.56. The van der Waals surface area contributed by atoms with E-state index in [1.807, 2.05) is 0 Å². The maximum atomic E-state index is 4.23. The summed E-state index contributed by atoms with van der Waals surface area (Å²) in [4.78, 5) is 0. The molecule has 0 spiro atoms. The van der Waals surface area contributed by atoms with Crippen LogP contribution in [0.2, 0.25) is 0 Å². The van der Waals surface area contributed by atoms with Crippen molar-refractivity contribution in [2.24, 2.45) is 10.8 Å². The van der Waals surface area contributed by atoms with Gasteiger partial charge in [-0.05, 0) is 37.0 Å². The summed E-state index contributed by atoms with van der Waals surface area (Å²) >= 11 is 0. The fourth-order valence-electron chi connectivity index (χ4n) is 2.33. The molecule has 0 aromatic rings. The second-order valence-corrected chi connectivity index (χ2v) is 5.01. The van der Waals surface area contributed by atoms with Crippen LogP contribution >= 0.6 is 0 Å². The van der Waals surface area contributed by atoms with Gasteiger partial charge in [0.05, 0.1) is 0 Å². The van der Waals surface area contributed by atoms with Gasteiger partial charge in [-0.1, -0.05) is 27.2 Å². The summed E-state index contributed by atoms with van der Waals surface area (Å²) in [5.41, 5.74) is 0.913. The van der Waals surface area contributed by atoms with E-state index in [0.29, 0.717) is 10.8 Å². The van der Waals surface area contributed by atoms with Crippen LogP contribution in [0, 0.1) is 17.8 Å². The summed E-state index contributed by atoms with van der Waals surface area (Å²) in [6.45, 7) is 11.2. The molecule has 0 heterocycles. The molecular weight excluding hydrogens is 120 g/mol. The highest BCUT2D eigenvalue weighted by Crippen LogP contribution is 2.44. The van der Waals surface area contributed by atoms with E-state index in [9.17, 15) is 0 Å². The van der Waals surface area contributed by atoms with Crippen LogP contribution in [-0.4, -0.2) is 0 Å². The summed E-state index contributed by atoms with van der Waals surface area (Å²) in [6, 6.07) is 0. The predicted octanol–water partition coefficient (Wildman–Crippen LogP) is 3.43. The van der Waals surface area contributed by atoms with Gasteiger partial charge in [0, 0.05) is 0 Å². The van der Waals surface area contributed by atoms with Crippen LogP contribution < -0.4 is 0 Å². The molecule has 0 bridgehead atoms. The van der Waals surface area contributed by atoms with Gasteiger partial charge in [-0.3, -0.25) is 0 Å². The highest BCUT2D eigenvalue weighted by atomic mass is 14.4. The van der Waals surface area contributed by atoms with Crippen molar-refractivity contribution in [2.75, 3.05) is 0 Å². The Bertz CT molecular complexity index is 106. The highest BCUT2D eigenvalue weighted by Gasteiger charge is 2.32. The molecule has 0 amide bonds. The largest absolute Gasteiger partial charge is 0.0599 e. The second-order valence-electron chi connectivity index (χ2n) is 5.01. The summed E-state index contributed by atoms with van der Waals surface area (Å²) in [6.07, 6.45) is 5.36. The zero-order valence-electron chi connectivity index (χ0n) is 7.54. The van der Waals surface area contributed by atoms with E-state index in [-0.39, 0.29) is 0 Å². The smallest absolute Gasteiger partial charge is 0.0321 e. The third-order valence-corrected chi connectivity index (χ3v) is 2.54. The van der Waals surface area contributed by atoms with Gasteiger partial charge in [0.1, 0.15) is 0 Å². The molecule has 0 heteroatoms. The van der Waals surface area contributed by atoms with Gasteiger partial charge < -0.3 is 0 Å². The Morgan fingerprint density at radius 3 is 2.00 bits per heavy atom. The quantitative estimate of drug-likeness (QED) is 0.482. The Morgan fingerprint density at radius 1 is 1.10 bits per heavy atom. The first-order valence-corrected chi connectivity index (χ1v) is 4.27. The topological polar surface area (TPSA) is 0 Å². The molecule has 1 aliphatic rings. The van der Waals surface area contributed by atoms with Crippen LogP contribution in [-0.2, 0) is 0 Å². The van der Waals surface area contributed by atoms with Crippen molar-refractivity contribution in [3.8, 4) is 0 Å². The summed E-state index contributed by atoms with van der Waals surface area (Å²) in [5.74, 6) is 0.